The summed E-state index contributed by atoms with van der Waals surface area (Å²) in [6, 6.07) is 142. The van der Waals surface area contributed by atoms with E-state index in [0.29, 0.717) is 0 Å². The molecule has 4 heterocycles. The maximum absolute atomic E-state index is 7.09. The van der Waals surface area contributed by atoms with Crippen molar-refractivity contribution in [2.45, 2.75) is 19.3 Å². The Kier molecular flexibility index (Phi) is 14.0. The fourth-order valence-electron chi connectivity index (χ4n) is 17.4. The van der Waals surface area contributed by atoms with Crippen LogP contribution in [0.1, 0.15) is 25.0 Å². The number of nitrogens with zero attached hydrogens (tertiary/aromatic N) is 3. The van der Waals surface area contributed by atoms with Crippen LogP contribution in [-0.2, 0) is 5.41 Å². The molecule has 2 aliphatic rings. The molecule has 472 valence electrons. The van der Waals surface area contributed by atoms with Gasteiger partial charge in [-0.2, -0.15) is 0 Å². The van der Waals surface area contributed by atoms with Gasteiger partial charge in [-0.1, -0.05) is 317 Å². The van der Waals surface area contributed by atoms with Crippen LogP contribution in [0.15, 0.2) is 381 Å². The van der Waals surface area contributed by atoms with Crippen molar-refractivity contribution in [1.82, 2.24) is 4.57 Å². The van der Waals surface area contributed by atoms with Crippen LogP contribution in [0.5, 0.6) is 0 Å². The van der Waals surface area contributed by atoms with Crippen LogP contribution >= 0.6 is 0 Å². The lowest BCUT2D eigenvalue weighted by Crippen LogP contribution is -2.74. The fraction of sp³-hybridized carbons (Fsp3) is 0.0323. The van der Waals surface area contributed by atoms with Crippen LogP contribution in [-0.4, -0.2) is 27.4 Å². The number of aromatic nitrogens is 1. The molecule has 17 aromatic rings. The maximum Gasteiger partial charge on any atom is 0.252 e. The van der Waals surface area contributed by atoms with Crippen molar-refractivity contribution in [2.75, 3.05) is 9.80 Å². The first kappa shape index (κ1) is 59.3. The number of benzene rings is 15. The van der Waals surface area contributed by atoms with Gasteiger partial charge in [-0.3, -0.25) is 0 Å². The highest BCUT2D eigenvalue weighted by Crippen LogP contribution is 2.48. The topological polar surface area (TPSA) is 24.6 Å². The third kappa shape index (κ3) is 9.05. The quantitative estimate of drug-likeness (QED) is 0.0849. The molecule has 0 aliphatic carbocycles. The van der Waals surface area contributed by atoms with Crippen LogP contribution in [0.25, 0.3) is 49.4 Å². The minimum atomic E-state index is -3.08. The molecule has 0 unspecified atom stereocenters. The molecule has 2 aliphatic heterocycles. The first-order chi connectivity index (χ1) is 49.4. The average Bonchev–Trinajstić information content (AvgIpc) is 0.890. The van der Waals surface area contributed by atoms with Crippen LogP contribution < -0.4 is 67.7 Å². The summed E-state index contributed by atoms with van der Waals surface area (Å²) in [6.45, 7) is 4.51. The number of rotatable bonds is 13. The molecule has 19 rings (SSSR count). The summed E-state index contributed by atoms with van der Waals surface area (Å²) in [5.41, 5.74) is 17.5. The van der Waals surface area contributed by atoms with Crippen molar-refractivity contribution in [2.24, 2.45) is 0 Å². The monoisotopic (exact) mass is 1310 g/mol. The van der Waals surface area contributed by atoms with Crippen LogP contribution in [0.3, 0.4) is 0 Å². The molecule has 0 fully saturated rings. The zero-order chi connectivity index (χ0) is 66.5. The van der Waals surface area contributed by atoms with E-state index in [4.69, 9.17) is 4.42 Å². The summed E-state index contributed by atoms with van der Waals surface area (Å²) >= 11 is 0. The Bertz CT molecular complexity index is 5720. The van der Waals surface area contributed by atoms with Gasteiger partial charge in [0.25, 0.3) is 6.71 Å². The standard InChI is InChI=1S/C93H68BN3OSi2/c1-93(2,65-32-10-3-11-33-65)66-56-57-86-82(58-66)94-83-64-91-81(80-52-26-29-55-90(80)98-91)63-87(83)96(68-35-31-49-77(60-68)100(73-42-18-7-19-43-73,74-44-20-8-21-45-74)75-46-22-9-23-47-75)89-62-69(97-84-53-27-24-50-78(84)79-51-25-28-54-85(79)97)61-88(92(89)94)95(86)67-34-30-48-76(59-67)99(70-36-12-4-13-37-70,71-38-14-5-15-39-71)72-40-16-6-17-41-72/h3-64H,1-2H3. The van der Waals surface area contributed by atoms with Crippen LogP contribution in [0, 0.1) is 0 Å². The number of hydrogen-bond donors (Lipinski definition) is 0. The van der Waals surface area contributed by atoms with E-state index in [9.17, 15) is 0 Å². The lowest BCUT2D eigenvalue weighted by molar-refractivity contribution is 0.641. The Balaban J connectivity index is 0.961. The van der Waals surface area contributed by atoms with Crippen molar-refractivity contribution >= 4 is 159 Å². The molecule has 0 N–H and O–H groups in total. The Hall–Kier alpha value is -12.0. The molecule has 0 amide bonds. The van der Waals surface area contributed by atoms with Crippen molar-refractivity contribution in [3.8, 4) is 5.69 Å². The maximum atomic E-state index is 7.09. The molecule has 100 heavy (non-hydrogen) atoms. The summed E-state index contributed by atoms with van der Waals surface area (Å²) in [5, 5.41) is 15.1. The first-order valence-corrected chi connectivity index (χ1v) is 38.8. The Morgan fingerprint density at radius 3 is 1.13 bits per heavy atom. The first-order valence-electron chi connectivity index (χ1n) is 34.8. The highest BCUT2D eigenvalue weighted by Gasteiger charge is 2.48. The van der Waals surface area contributed by atoms with Crippen LogP contribution in [0.2, 0.25) is 0 Å². The van der Waals surface area contributed by atoms with E-state index in [1.807, 2.05) is 0 Å². The number of hydrogen-bond acceptors (Lipinski definition) is 3. The van der Waals surface area contributed by atoms with Crippen molar-refractivity contribution in [3.05, 3.63) is 387 Å². The average molecular weight is 1310 g/mol. The summed E-state index contributed by atoms with van der Waals surface area (Å²) in [4.78, 5) is 5.28. The smallest absolute Gasteiger partial charge is 0.252 e. The third-order valence-electron chi connectivity index (χ3n) is 21.9. The number of furan rings is 1. The summed E-state index contributed by atoms with van der Waals surface area (Å²) in [7, 11) is -6.15. The van der Waals surface area contributed by atoms with E-state index >= 15 is 0 Å². The zero-order valence-electron chi connectivity index (χ0n) is 55.6. The Morgan fingerprint density at radius 2 is 0.660 bits per heavy atom. The molecular formula is C93H68BN3OSi2. The van der Waals surface area contributed by atoms with Crippen molar-refractivity contribution in [3.63, 3.8) is 0 Å². The second-order valence-corrected chi connectivity index (χ2v) is 35.1. The van der Waals surface area contributed by atoms with Gasteiger partial charge < -0.3 is 18.8 Å². The lowest BCUT2D eigenvalue weighted by Gasteiger charge is -2.45. The summed E-state index contributed by atoms with van der Waals surface area (Å²) in [6.07, 6.45) is 0. The summed E-state index contributed by atoms with van der Waals surface area (Å²) < 4.78 is 9.62. The predicted molar refractivity (Wildman–Crippen MR) is 428 cm³/mol. The Labute approximate surface area is 585 Å². The zero-order valence-corrected chi connectivity index (χ0v) is 57.6. The van der Waals surface area contributed by atoms with Gasteiger partial charge >= 0.3 is 0 Å². The summed E-state index contributed by atoms with van der Waals surface area (Å²) in [5.74, 6) is 0. The van der Waals surface area contributed by atoms with Gasteiger partial charge in [-0.15, -0.1) is 0 Å². The largest absolute Gasteiger partial charge is 0.456 e. The minimum absolute atomic E-state index is 0.261. The molecule has 2 aromatic heterocycles. The molecule has 4 nitrogen and oxygen atoms in total. The molecule has 0 saturated heterocycles. The van der Waals surface area contributed by atoms with E-state index in [1.165, 1.54) is 79.8 Å². The lowest BCUT2D eigenvalue weighted by atomic mass is 9.33. The van der Waals surface area contributed by atoms with E-state index in [1.54, 1.807) is 0 Å². The normalized spacial score (nSPS) is 12.8. The molecule has 7 heteroatoms. The van der Waals surface area contributed by atoms with E-state index < -0.39 is 16.1 Å². The molecule has 0 atom stereocenters. The fourth-order valence-corrected chi connectivity index (χ4v) is 27.0. The molecule has 15 aromatic carbocycles. The van der Waals surface area contributed by atoms with Gasteiger partial charge in [0.05, 0.1) is 16.7 Å². The highest BCUT2D eigenvalue weighted by atomic mass is 28.3. The van der Waals surface area contributed by atoms with E-state index in [2.05, 4.69) is 404 Å². The van der Waals surface area contributed by atoms with Gasteiger partial charge in [0.2, 0.25) is 0 Å². The number of para-hydroxylation sites is 3. The molecule has 0 bridgehead atoms. The highest BCUT2D eigenvalue weighted by molar-refractivity contribution is 7.20. The minimum Gasteiger partial charge on any atom is -0.456 e. The molecule has 0 radical (unpaired) electrons. The third-order valence-corrected chi connectivity index (χ3v) is 31.5. The second kappa shape index (κ2) is 23.6. The van der Waals surface area contributed by atoms with E-state index in [-0.39, 0.29) is 12.1 Å². The number of anilines is 6. The SMILES string of the molecule is CC(C)(c1ccccc1)c1ccc2c(c1)B1c3cc4oc5ccccc5c4cc3N(c3cccc([Si](c4ccccc4)(c4ccccc4)c4ccccc4)c3)c3cc(-n4c5ccccc5c5ccccc54)cc(c31)N2c1cccc([Si](c2ccccc2)(c2ccccc2)c2ccccc2)c1. The van der Waals surface area contributed by atoms with Gasteiger partial charge in [-0.05, 0) is 142 Å². The van der Waals surface area contributed by atoms with Crippen molar-refractivity contribution < 1.29 is 4.42 Å². The number of fused-ring (bicyclic) bond motifs is 10. The molecule has 0 saturated carbocycles. The van der Waals surface area contributed by atoms with Gasteiger partial charge in [-0.25, -0.2) is 0 Å². The Morgan fingerprint density at radius 1 is 0.270 bits per heavy atom. The second-order valence-electron chi connectivity index (χ2n) is 27.4. The van der Waals surface area contributed by atoms with Gasteiger partial charge in [0, 0.05) is 61.1 Å². The van der Waals surface area contributed by atoms with Gasteiger partial charge in [0.1, 0.15) is 11.2 Å². The molecular weight excluding hydrogens is 1240 g/mol. The molecule has 0 spiro atoms. The van der Waals surface area contributed by atoms with E-state index in [0.717, 1.165) is 72.8 Å². The van der Waals surface area contributed by atoms with Crippen LogP contribution in [0.4, 0.5) is 34.1 Å². The predicted octanol–water partition coefficient (Wildman–Crippen LogP) is 15.8. The van der Waals surface area contributed by atoms with Gasteiger partial charge in [0.15, 0.2) is 16.1 Å². The van der Waals surface area contributed by atoms with Crippen molar-refractivity contribution in [1.29, 1.82) is 0 Å².